The van der Waals surface area contributed by atoms with Crippen molar-refractivity contribution in [1.82, 2.24) is 25.3 Å². The number of phenols is 2. The minimum absolute atomic E-state index is 0.00341. The molecule has 22 nitrogen and oxygen atoms in total. The van der Waals surface area contributed by atoms with Crippen LogP contribution < -0.4 is 26.4 Å². The molecule has 2 aliphatic carbocycles. The van der Waals surface area contributed by atoms with E-state index in [1.54, 1.807) is 24.3 Å². The van der Waals surface area contributed by atoms with E-state index in [1.807, 2.05) is 0 Å². The second kappa shape index (κ2) is 26.0. The number of carbonyl (C=O) groups is 10. The van der Waals surface area contributed by atoms with Crippen LogP contribution in [0.25, 0.3) is 0 Å². The lowest BCUT2D eigenvalue weighted by Gasteiger charge is -2.29. The largest absolute Gasteiger partial charge is 0.507 e. The maximum Gasteiger partial charge on any atom is 0.409 e. The number of nitrogens with zero attached hydrogens (tertiary/aromatic N) is 3. The summed E-state index contributed by atoms with van der Waals surface area (Å²) in [5.74, 6) is -6.89. The van der Waals surface area contributed by atoms with E-state index in [0.717, 1.165) is 15.9 Å². The Balaban J connectivity index is 0.910. The minimum Gasteiger partial charge on any atom is -0.507 e. The van der Waals surface area contributed by atoms with E-state index in [1.165, 1.54) is 56.5 Å². The van der Waals surface area contributed by atoms with E-state index in [9.17, 15) is 58.2 Å². The van der Waals surface area contributed by atoms with Gasteiger partial charge in [-0.25, -0.2) is 18.8 Å². The van der Waals surface area contributed by atoms with Crippen molar-refractivity contribution in [2.75, 3.05) is 65.9 Å². The summed E-state index contributed by atoms with van der Waals surface area (Å²) in [6.07, 6.45) is 4.11. The molecule has 0 aromatic heterocycles. The number of phenolic OH excluding ortho intramolecular Hbond substituents is 2. The van der Waals surface area contributed by atoms with Gasteiger partial charge in [-0.2, -0.15) is 0 Å². The summed E-state index contributed by atoms with van der Waals surface area (Å²) in [5, 5.41) is 30.2. The van der Waals surface area contributed by atoms with E-state index in [4.69, 9.17) is 19.9 Å². The summed E-state index contributed by atoms with van der Waals surface area (Å²) in [7, 11) is 4.21. The number of imide groups is 1. The average molecular weight is 1050 g/mol. The van der Waals surface area contributed by atoms with Gasteiger partial charge in [0.1, 0.15) is 29.7 Å². The van der Waals surface area contributed by atoms with E-state index < -0.39 is 89.7 Å². The Kier molecular flexibility index (Phi) is 19.4. The molecule has 0 spiro atoms. The number of nitrogens with two attached hydrogens (primary N) is 1. The number of hydrogen-bond acceptors (Lipinski definition) is 15. The van der Waals surface area contributed by atoms with Crippen molar-refractivity contribution in [1.29, 1.82) is 0 Å². The van der Waals surface area contributed by atoms with Gasteiger partial charge < -0.3 is 55.9 Å². The second-order valence-electron chi connectivity index (χ2n) is 18.4. The lowest BCUT2D eigenvalue weighted by atomic mass is 9.75. The fraction of sp³-hybridized carbons (Fsp3) is 0.396. The molecule has 0 saturated carbocycles. The average Bonchev–Trinajstić information content (AvgIpc) is 3.75. The Labute approximate surface area is 436 Å². The number of unbranched alkanes of at least 4 members (excludes halogenated alkanes) is 2. The molecule has 2 atom stereocenters. The number of halogens is 1. The smallest absolute Gasteiger partial charge is 0.409 e. The zero-order valence-corrected chi connectivity index (χ0v) is 42.2. The number of anilines is 1. The van der Waals surface area contributed by atoms with Crippen LogP contribution in [0.3, 0.4) is 0 Å². The molecule has 0 radical (unpaired) electrons. The number of primary amides is 1. The molecule has 6 rings (SSSR count). The quantitative estimate of drug-likeness (QED) is 0.0323. The van der Waals surface area contributed by atoms with Crippen LogP contribution in [0, 0.1) is 11.8 Å². The summed E-state index contributed by atoms with van der Waals surface area (Å²) in [6.45, 7) is -0.858. The van der Waals surface area contributed by atoms with Crippen LogP contribution in [-0.4, -0.2) is 145 Å². The number of amides is 8. The Hall–Kier alpha value is -8.63. The van der Waals surface area contributed by atoms with Gasteiger partial charge in [-0.3, -0.25) is 38.5 Å². The number of benzene rings is 3. The standard InChI is InChI=1S/C53H60FN7O15/c1-59(23-24-60(2)53(73)76-29-38(62)31-15-18-35-37(26-31)48(68)44-45(46(35)66)49(69)43-36(47(44)67)10-7-11-39(43)74-3)52(72)75-28-30-13-16-34(17-14-30)58-50(70)32(9-8-21-56-51(55)71)25-33(54)27-57-40(63)12-5-4-6-22-61-41(64)19-20-42(61)65/h7,10-11,13-14,16-17,19-20,25,31-32,66,68H,4-6,8-9,12,15,18,21-24,26-29H2,1-3H3,(H,57,63)(H,58,70)(H3,55,56,71)/b33-25-/t31-,32+/m0/s1. The summed E-state index contributed by atoms with van der Waals surface area (Å²) >= 11 is 0. The zero-order valence-electron chi connectivity index (χ0n) is 42.2. The highest BCUT2D eigenvalue weighted by Gasteiger charge is 2.41. The van der Waals surface area contributed by atoms with Crippen LogP contribution in [0.5, 0.6) is 17.2 Å². The van der Waals surface area contributed by atoms with Gasteiger partial charge in [-0.05, 0) is 74.8 Å². The van der Waals surface area contributed by atoms with Gasteiger partial charge in [-0.15, -0.1) is 0 Å². The third-order valence-electron chi connectivity index (χ3n) is 13.1. The summed E-state index contributed by atoms with van der Waals surface area (Å²) in [6, 6.07) is 10.0. The molecular formula is C53H60FN7O15. The molecule has 1 aliphatic heterocycles. The lowest BCUT2D eigenvalue weighted by Crippen LogP contribution is -2.38. The fourth-order valence-electron chi connectivity index (χ4n) is 8.86. The first-order valence-corrected chi connectivity index (χ1v) is 24.5. The number of nitrogens with one attached hydrogen (secondary N) is 3. The van der Waals surface area contributed by atoms with Crippen molar-refractivity contribution in [3.05, 3.63) is 105 Å². The van der Waals surface area contributed by atoms with Crippen LogP contribution in [0.2, 0.25) is 0 Å². The first-order valence-electron chi connectivity index (χ1n) is 24.5. The summed E-state index contributed by atoms with van der Waals surface area (Å²) < 4.78 is 31.0. The molecule has 404 valence electrons. The molecule has 0 saturated heterocycles. The number of rotatable bonds is 24. The molecule has 3 aromatic carbocycles. The van der Waals surface area contributed by atoms with Gasteiger partial charge in [-0.1, -0.05) is 30.7 Å². The topological polar surface area (TPSA) is 311 Å². The van der Waals surface area contributed by atoms with Gasteiger partial charge in [0.05, 0.1) is 36.3 Å². The van der Waals surface area contributed by atoms with Gasteiger partial charge in [0.25, 0.3) is 11.8 Å². The highest BCUT2D eigenvalue weighted by Crippen LogP contribution is 2.47. The molecule has 0 fully saturated rings. The van der Waals surface area contributed by atoms with E-state index in [2.05, 4.69) is 16.0 Å². The summed E-state index contributed by atoms with van der Waals surface area (Å²) in [4.78, 5) is 130. The van der Waals surface area contributed by atoms with Crippen LogP contribution in [0.4, 0.5) is 24.5 Å². The van der Waals surface area contributed by atoms with E-state index in [-0.39, 0.29) is 122 Å². The van der Waals surface area contributed by atoms with Crippen molar-refractivity contribution < 1.29 is 76.8 Å². The number of ketones is 3. The van der Waals surface area contributed by atoms with Crippen LogP contribution in [0.15, 0.2) is 66.5 Å². The predicted molar refractivity (Wildman–Crippen MR) is 269 cm³/mol. The molecule has 8 amide bonds. The lowest BCUT2D eigenvalue weighted by molar-refractivity contribution is -0.137. The van der Waals surface area contributed by atoms with Crippen molar-refractivity contribution in [3.8, 4) is 17.2 Å². The van der Waals surface area contributed by atoms with Gasteiger partial charge >= 0.3 is 18.2 Å². The number of hydrogen-bond donors (Lipinski definition) is 6. The third-order valence-corrected chi connectivity index (χ3v) is 13.1. The van der Waals surface area contributed by atoms with Crippen molar-refractivity contribution >= 4 is 64.9 Å². The minimum atomic E-state index is -1.01. The van der Waals surface area contributed by atoms with Crippen molar-refractivity contribution in [3.63, 3.8) is 0 Å². The first-order chi connectivity index (χ1) is 36.3. The van der Waals surface area contributed by atoms with Crippen LogP contribution in [0.1, 0.15) is 93.5 Å². The Morgan fingerprint density at radius 2 is 1.49 bits per heavy atom. The van der Waals surface area contributed by atoms with Crippen LogP contribution >= 0.6 is 0 Å². The molecular weight excluding hydrogens is 994 g/mol. The molecule has 23 heteroatoms. The molecule has 3 aliphatic rings. The number of Topliss-reactive ketones (excluding diaryl/α,β-unsaturated/α-hetero) is 1. The number of urea groups is 1. The number of methoxy groups -OCH3 is 1. The Morgan fingerprint density at radius 1 is 0.829 bits per heavy atom. The number of ether oxygens (including phenoxy) is 3. The van der Waals surface area contributed by atoms with Crippen LogP contribution in [-0.2, 0) is 52.9 Å². The summed E-state index contributed by atoms with van der Waals surface area (Å²) in [5.41, 5.74) is 5.74. The Bertz CT molecular complexity index is 2830. The maximum atomic E-state index is 15.1. The monoisotopic (exact) mass is 1050 g/mol. The van der Waals surface area contributed by atoms with Gasteiger partial charge in [0.2, 0.25) is 17.6 Å². The SMILES string of the molecule is COc1cccc2c1C(=O)c1c(O)c3c(c(O)c1C2=O)C[C@@H](C(=O)COC(=O)N(C)CCN(C)C(=O)OCc1ccc(NC(=O)[C@@H](/C=C(\F)CNC(=O)CCCCCN2C(=O)C=CC2=O)CCCNC(N)=O)cc1)CC3. The normalized spacial score (nSPS) is 15.0. The molecule has 0 bridgehead atoms. The Morgan fingerprint density at radius 3 is 2.16 bits per heavy atom. The fourth-order valence-corrected chi connectivity index (χ4v) is 8.86. The number of aromatic hydroxyl groups is 2. The number of fused-ring (bicyclic) bond motifs is 3. The van der Waals surface area contributed by atoms with E-state index in [0.29, 0.717) is 30.5 Å². The van der Waals surface area contributed by atoms with Crippen molar-refractivity contribution in [2.24, 2.45) is 17.6 Å². The molecule has 1 heterocycles. The zero-order chi connectivity index (χ0) is 55.2. The van der Waals surface area contributed by atoms with E-state index >= 15 is 4.39 Å². The third kappa shape index (κ3) is 14.1. The molecule has 7 N–H and O–H groups in total. The molecule has 0 unspecified atom stereocenters. The highest BCUT2D eigenvalue weighted by molar-refractivity contribution is 6.31. The predicted octanol–water partition coefficient (Wildman–Crippen LogP) is 4.35. The number of likely N-dealkylation sites (N-methyl/N-ethyl adjacent to an activating group) is 2. The van der Waals surface area contributed by atoms with Gasteiger partial charge in [0.15, 0.2) is 18.2 Å². The first kappa shape index (κ1) is 56.7. The molecule has 3 aromatic rings. The highest BCUT2D eigenvalue weighted by atomic mass is 19.1. The molecule has 76 heavy (non-hydrogen) atoms. The van der Waals surface area contributed by atoms with Gasteiger partial charge in [0, 0.05) is 87.1 Å². The van der Waals surface area contributed by atoms with Crippen molar-refractivity contribution in [2.45, 2.75) is 64.4 Å². The second-order valence-corrected chi connectivity index (χ2v) is 18.4. The number of carbonyl (C=O) groups excluding carboxylic acids is 10. The maximum absolute atomic E-state index is 15.1.